The van der Waals surface area contributed by atoms with Crippen LogP contribution in [0.15, 0.2) is 69.3 Å². The van der Waals surface area contributed by atoms with E-state index in [0.29, 0.717) is 22.1 Å². The number of nitrogens with zero attached hydrogens (tertiary/aromatic N) is 1. The quantitative estimate of drug-likeness (QED) is 0.355. The van der Waals surface area contributed by atoms with Crippen molar-refractivity contribution in [3.63, 3.8) is 0 Å². The Labute approximate surface area is 198 Å². The first-order valence-electron chi connectivity index (χ1n) is 10.7. The van der Waals surface area contributed by atoms with Gasteiger partial charge in [0, 0.05) is 11.8 Å². The third kappa shape index (κ3) is 4.48. The van der Waals surface area contributed by atoms with Crippen LogP contribution in [0.3, 0.4) is 0 Å². The molecule has 1 unspecified atom stereocenters. The molecule has 0 spiro atoms. The second kappa shape index (κ2) is 10.1. The molecule has 5 nitrogen and oxygen atoms in total. The van der Waals surface area contributed by atoms with Crippen LogP contribution >= 0.6 is 11.8 Å². The molecular formula is C27H27NO4S. The maximum Gasteiger partial charge on any atom is 0.203 e. The van der Waals surface area contributed by atoms with E-state index in [4.69, 9.17) is 19.2 Å². The Morgan fingerprint density at radius 1 is 0.970 bits per heavy atom. The number of hydrogen-bond acceptors (Lipinski definition) is 6. The van der Waals surface area contributed by atoms with Gasteiger partial charge in [0.2, 0.25) is 5.75 Å². The zero-order valence-electron chi connectivity index (χ0n) is 19.3. The highest BCUT2D eigenvalue weighted by Crippen LogP contribution is 2.50. The first-order chi connectivity index (χ1) is 16.1. The van der Waals surface area contributed by atoms with Crippen LogP contribution in [-0.4, -0.2) is 33.8 Å². The van der Waals surface area contributed by atoms with Crippen molar-refractivity contribution in [3.05, 3.63) is 81.5 Å². The predicted molar refractivity (Wildman–Crippen MR) is 135 cm³/mol. The second-order valence-corrected chi connectivity index (χ2v) is 8.55. The molecule has 170 valence electrons. The first kappa shape index (κ1) is 22.9. The zero-order valence-corrected chi connectivity index (χ0v) is 20.1. The van der Waals surface area contributed by atoms with Crippen LogP contribution in [0.4, 0.5) is 0 Å². The molecule has 6 heteroatoms. The molecule has 3 aromatic rings. The lowest BCUT2D eigenvalue weighted by molar-refractivity contribution is 0.324. The van der Waals surface area contributed by atoms with Crippen LogP contribution in [0, 0.1) is 0 Å². The van der Waals surface area contributed by atoms with Crippen molar-refractivity contribution in [3.8, 4) is 28.4 Å². The number of rotatable bonds is 6. The van der Waals surface area contributed by atoms with Gasteiger partial charge in [-0.15, -0.1) is 11.8 Å². The molecule has 0 aromatic heterocycles. The minimum Gasteiger partial charge on any atom is -0.493 e. The van der Waals surface area contributed by atoms with Gasteiger partial charge in [-0.3, -0.25) is 9.79 Å². The molecule has 4 rings (SSSR count). The van der Waals surface area contributed by atoms with E-state index in [-0.39, 0.29) is 11.5 Å². The summed E-state index contributed by atoms with van der Waals surface area (Å²) < 4.78 is 17.1. The van der Waals surface area contributed by atoms with E-state index in [1.807, 2.05) is 61.0 Å². The van der Waals surface area contributed by atoms with Crippen molar-refractivity contribution in [2.24, 2.45) is 4.99 Å². The number of aryl methyl sites for hydroxylation is 1. The van der Waals surface area contributed by atoms with Crippen molar-refractivity contribution < 1.29 is 14.2 Å². The van der Waals surface area contributed by atoms with Gasteiger partial charge in [0.1, 0.15) is 0 Å². The lowest BCUT2D eigenvalue weighted by Crippen LogP contribution is -2.03. The number of hydrogen-bond donors (Lipinski definition) is 0. The zero-order chi connectivity index (χ0) is 23.4. The highest BCUT2D eigenvalue weighted by Gasteiger charge is 2.28. The van der Waals surface area contributed by atoms with E-state index in [1.165, 1.54) is 11.8 Å². The molecule has 1 aliphatic carbocycles. The van der Waals surface area contributed by atoms with E-state index in [1.54, 1.807) is 27.4 Å². The van der Waals surface area contributed by atoms with Crippen LogP contribution in [0.2, 0.25) is 0 Å². The largest absolute Gasteiger partial charge is 0.493 e. The van der Waals surface area contributed by atoms with Gasteiger partial charge in [0.15, 0.2) is 16.9 Å². The molecule has 0 saturated heterocycles. The summed E-state index contributed by atoms with van der Waals surface area (Å²) in [7, 11) is 4.85. The Balaban J connectivity index is 1.99. The van der Waals surface area contributed by atoms with Gasteiger partial charge in [-0.2, -0.15) is 0 Å². The van der Waals surface area contributed by atoms with Crippen LogP contribution < -0.4 is 19.6 Å². The van der Waals surface area contributed by atoms with Crippen LogP contribution in [0.1, 0.15) is 29.2 Å². The number of methoxy groups -OCH3 is 3. The van der Waals surface area contributed by atoms with E-state index in [9.17, 15) is 4.79 Å². The molecule has 0 saturated carbocycles. The molecule has 0 amide bonds. The number of benzene rings is 2. The Kier molecular flexibility index (Phi) is 7.04. The summed E-state index contributed by atoms with van der Waals surface area (Å²) in [5, 5.41) is 0. The molecule has 3 aromatic carbocycles. The number of thioether (sulfide) groups is 1. The third-order valence-electron chi connectivity index (χ3n) is 5.89. The molecule has 0 bridgehead atoms. The van der Waals surface area contributed by atoms with Gasteiger partial charge < -0.3 is 14.2 Å². The van der Waals surface area contributed by atoms with Crippen molar-refractivity contribution in [1.29, 1.82) is 0 Å². The summed E-state index contributed by atoms with van der Waals surface area (Å²) >= 11 is 1.44. The van der Waals surface area contributed by atoms with Gasteiger partial charge in [0.25, 0.3) is 0 Å². The van der Waals surface area contributed by atoms with Crippen molar-refractivity contribution in [1.82, 2.24) is 0 Å². The summed E-state index contributed by atoms with van der Waals surface area (Å²) in [6.45, 7) is 0. The number of aliphatic imine (C=N–C) groups is 1. The Bertz CT molecular complexity index is 1240. The summed E-state index contributed by atoms with van der Waals surface area (Å²) in [5.41, 5.74) is 4.82. The molecule has 0 aliphatic heterocycles. The number of ether oxygens (including phenoxy) is 3. The highest BCUT2D eigenvalue weighted by molar-refractivity contribution is 7.98. The van der Waals surface area contributed by atoms with Gasteiger partial charge in [-0.1, -0.05) is 36.4 Å². The Morgan fingerprint density at radius 2 is 1.73 bits per heavy atom. The fourth-order valence-corrected chi connectivity index (χ4v) is 4.78. The molecule has 1 atom stereocenters. The van der Waals surface area contributed by atoms with Crippen LogP contribution in [0.5, 0.6) is 17.2 Å². The molecular weight excluding hydrogens is 434 g/mol. The minimum atomic E-state index is -0.177. The van der Waals surface area contributed by atoms with Gasteiger partial charge in [-0.25, -0.2) is 0 Å². The van der Waals surface area contributed by atoms with Crippen molar-refractivity contribution in [2.45, 2.75) is 23.8 Å². The topological polar surface area (TPSA) is 57.1 Å². The maximum absolute atomic E-state index is 13.0. The minimum absolute atomic E-state index is 0.00782. The number of fused-ring (bicyclic) bond motifs is 3. The van der Waals surface area contributed by atoms with E-state index in [2.05, 4.69) is 0 Å². The normalized spacial score (nSPS) is 14.8. The van der Waals surface area contributed by atoms with Gasteiger partial charge in [-0.05, 0) is 59.6 Å². The lowest BCUT2D eigenvalue weighted by Gasteiger charge is -2.19. The monoisotopic (exact) mass is 461 g/mol. The van der Waals surface area contributed by atoms with E-state index < -0.39 is 0 Å². The molecule has 33 heavy (non-hydrogen) atoms. The average Bonchev–Trinajstić information content (AvgIpc) is 3.10. The lowest BCUT2D eigenvalue weighted by atomic mass is 9.95. The summed E-state index contributed by atoms with van der Waals surface area (Å²) in [6, 6.07) is 17.4. The van der Waals surface area contributed by atoms with Crippen LogP contribution in [-0.2, 0) is 6.42 Å². The summed E-state index contributed by atoms with van der Waals surface area (Å²) in [5.74, 6) is 1.76. The van der Waals surface area contributed by atoms with Crippen molar-refractivity contribution >= 4 is 18.0 Å². The smallest absolute Gasteiger partial charge is 0.203 e. The molecule has 0 N–H and O–H groups in total. The molecule has 0 radical (unpaired) electrons. The van der Waals surface area contributed by atoms with Crippen LogP contribution in [0.25, 0.3) is 11.1 Å². The van der Waals surface area contributed by atoms with Gasteiger partial charge in [0.05, 0.1) is 32.3 Å². The van der Waals surface area contributed by atoms with E-state index in [0.717, 1.165) is 40.7 Å². The fourth-order valence-electron chi connectivity index (χ4n) is 4.32. The second-order valence-electron chi connectivity index (χ2n) is 7.70. The third-order valence-corrected chi connectivity index (χ3v) is 6.67. The fraction of sp³-hybridized carbons (Fsp3) is 0.259. The SMILES string of the molecule is COc1cc2c(c(OC)c1OC)-c1ccc(SC)c(=O)cc1C(N=Cc1ccccc1)CC2. The summed E-state index contributed by atoms with van der Waals surface area (Å²) in [6.07, 6.45) is 5.30. The molecule has 1 aliphatic rings. The van der Waals surface area contributed by atoms with Gasteiger partial charge >= 0.3 is 0 Å². The highest BCUT2D eigenvalue weighted by atomic mass is 32.2. The molecule has 0 fully saturated rings. The average molecular weight is 462 g/mol. The predicted octanol–water partition coefficient (Wildman–Crippen LogP) is 5.57. The maximum atomic E-state index is 13.0. The Hall–Kier alpha value is -3.25. The first-order valence-corrected chi connectivity index (χ1v) is 12.0. The van der Waals surface area contributed by atoms with E-state index >= 15 is 0 Å². The summed E-state index contributed by atoms with van der Waals surface area (Å²) in [4.78, 5) is 18.6. The molecule has 0 heterocycles. The standard InChI is InChI=1S/C27H27NO4S/c1-30-23-14-18-10-12-21(28-16-17-8-6-5-7-9-17)20-15-22(29)24(33-4)13-11-19(20)25(18)27(32-3)26(23)31-2/h5-9,11,13-16,21H,10,12H2,1-4H3. The van der Waals surface area contributed by atoms with Crippen molar-refractivity contribution in [2.75, 3.05) is 27.6 Å². The Morgan fingerprint density at radius 3 is 2.39 bits per heavy atom.